The molecule has 0 aliphatic carbocycles. The molecule has 0 N–H and O–H groups in total. The van der Waals surface area contributed by atoms with E-state index in [-0.39, 0.29) is 0 Å². The van der Waals surface area contributed by atoms with Crippen LogP contribution in [0.25, 0.3) is 0 Å². The summed E-state index contributed by atoms with van der Waals surface area (Å²) in [6.07, 6.45) is 4.64. The van der Waals surface area contributed by atoms with Crippen LogP contribution in [0.5, 0.6) is 0 Å². The van der Waals surface area contributed by atoms with Crippen LogP contribution >= 0.6 is 0 Å². The summed E-state index contributed by atoms with van der Waals surface area (Å²) in [6, 6.07) is 0. The number of epoxide rings is 2. The molecular weight excluding hydrogens is 280 g/mol. The molecule has 19 heavy (non-hydrogen) atoms. The van der Waals surface area contributed by atoms with Gasteiger partial charge in [0, 0.05) is 0 Å². The van der Waals surface area contributed by atoms with Crippen LogP contribution in [-0.4, -0.2) is 25.4 Å². The summed E-state index contributed by atoms with van der Waals surface area (Å²) in [7, 11) is 0. The van der Waals surface area contributed by atoms with Gasteiger partial charge >= 0.3 is 101 Å². The second kappa shape index (κ2) is 0.642. The maximum atomic E-state index is 5.76. The molecule has 0 amide bonds. The normalized spacial score (nSPS) is 125. The molecule has 12 heterocycles. The Morgan fingerprint density at radius 3 is 1.42 bits per heavy atom. The quantitative estimate of drug-likeness (QED) is 0.584. The summed E-state index contributed by atoms with van der Waals surface area (Å²) < 4.78 is 13.6. The fourth-order valence-corrected chi connectivity index (χ4v) is 97.6. The summed E-state index contributed by atoms with van der Waals surface area (Å²) in [5, 5.41) is 0. The van der Waals surface area contributed by atoms with Crippen molar-refractivity contribution in [1.29, 1.82) is 0 Å². The molecule has 102 valence electrons. The molecule has 3 heteroatoms. The van der Waals surface area contributed by atoms with Crippen LogP contribution in [0.2, 0.25) is 47.2 Å². The van der Waals surface area contributed by atoms with Crippen LogP contribution < -0.4 is 0 Å². The standard InChI is InChI=1S/C11H13O2.C5H5.Fe/c1-2-8(4-10-6-12-10)9(3-1)5-11-7-13-11;1-2-4-5-3-1;/h1-3,10-11H,4-7H2;1-5H;. The Balaban J connectivity index is 1.42. The Morgan fingerprint density at radius 1 is 0.737 bits per heavy atom. The van der Waals surface area contributed by atoms with Crippen LogP contribution in [0, 0.1) is 0 Å². The third-order valence-corrected chi connectivity index (χ3v) is 61.4. The van der Waals surface area contributed by atoms with Gasteiger partial charge in [0.2, 0.25) is 0 Å². The second-order valence-electron chi connectivity index (χ2n) is 12.4. The Kier molecular flexibility index (Phi) is 0.241. The van der Waals surface area contributed by atoms with E-state index in [2.05, 4.69) is 0 Å². The van der Waals surface area contributed by atoms with Crippen molar-refractivity contribution in [2.45, 2.75) is 72.2 Å². The molecule has 12 aliphatic heterocycles. The fraction of sp³-hybridized carbons (Fsp3) is 1.00. The van der Waals surface area contributed by atoms with E-state index in [4.69, 9.17) is 9.47 Å². The predicted octanol–water partition coefficient (Wildman–Crippen LogP) is 3.69. The fourth-order valence-electron chi connectivity index (χ4n) is 19.7. The summed E-state index contributed by atoms with van der Waals surface area (Å²) in [5.74, 6) is 0. The molecule has 0 bridgehead atoms. The molecule has 0 aromatic rings. The monoisotopic (exact) mass is 298 g/mol. The van der Waals surface area contributed by atoms with Crippen molar-refractivity contribution < 1.29 is 16.0 Å². The van der Waals surface area contributed by atoms with Gasteiger partial charge in [0.05, 0.1) is 0 Å². The summed E-state index contributed by atoms with van der Waals surface area (Å²) >= 11 is 0. The van der Waals surface area contributed by atoms with Crippen LogP contribution in [-0.2, 0) is 16.0 Å². The van der Waals surface area contributed by atoms with E-state index in [1.54, 1.807) is 12.8 Å². The van der Waals surface area contributed by atoms with Crippen LogP contribution in [0.1, 0.15) is 12.8 Å². The first-order valence-electron chi connectivity index (χ1n) is 8.54. The zero-order valence-electron chi connectivity index (χ0n) is 10.8. The van der Waals surface area contributed by atoms with Crippen molar-refractivity contribution in [2.75, 3.05) is 13.2 Å². The van der Waals surface area contributed by atoms with E-state index in [1.807, 2.05) is 0 Å². The summed E-state index contributed by atoms with van der Waals surface area (Å²) in [4.78, 5) is 11.6. The molecule has 1 spiro atoms. The number of hydrogen-bond acceptors (Lipinski definition) is 2. The molecule has 12 rings (SSSR count). The predicted molar refractivity (Wildman–Crippen MR) is 64.1 cm³/mol. The van der Waals surface area contributed by atoms with E-state index < -0.39 is 6.51 Å². The van der Waals surface area contributed by atoms with Gasteiger partial charge < -0.3 is 0 Å². The summed E-state index contributed by atoms with van der Waals surface area (Å²) in [5.41, 5.74) is 0. The van der Waals surface area contributed by atoms with Gasteiger partial charge in [0.15, 0.2) is 0 Å². The topological polar surface area (TPSA) is 25.1 Å². The number of hydrogen-bond donors (Lipinski definition) is 0. The SMILES string of the molecule is C1OC1C[C]12[CH]3[CH]4[CH]5[C]1(CC1CO1)[Fe]43521678[CH]2[CH]1[CH]6[CH]7[CH]28. The van der Waals surface area contributed by atoms with E-state index in [1.165, 1.54) is 38.5 Å². The van der Waals surface area contributed by atoms with Crippen LogP contribution in [0.15, 0.2) is 0 Å². The molecule has 12 saturated heterocycles. The number of ether oxygens (including phenoxy) is 2. The molecule has 6 atom stereocenters. The molecule has 2 nitrogen and oxygen atoms in total. The third kappa shape index (κ3) is 0.0841. The van der Waals surface area contributed by atoms with Crippen molar-refractivity contribution in [3.8, 4) is 0 Å². The second-order valence-corrected chi connectivity index (χ2v) is 35.8. The van der Waals surface area contributed by atoms with Crippen molar-refractivity contribution in [2.24, 2.45) is 0 Å². The first-order chi connectivity index (χ1) is 9.09. The van der Waals surface area contributed by atoms with Crippen molar-refractivity contribution >= 4 is 0 Å². The van der Waals surface area contributed by atoms with Gasteiger partial charge in [-0.05, 0) is 0 Å². The average molecular weight is 298 g/mol. The first-order valence-corrected chi connectivity index (χ1v) is 14.7. The minimum absolute atomic E-state index is 0.733. The third-order valence-electron chi connectivity index (χ3n) is 17.4. The molecule has 6 unspecified atom stereocenters. The van der Waals surface area contributed by atoms with E-state index >= 15 is 0 Å². The molecule has 12 fully saturated rings. The Hall–Kier alpha value is 0.439. The molecule has 12 aliphatic rings. The van der Waals surface area contributed by atoms with E-state index in [0.29, 0.717) is 0 Å². The van der Waals surface area contributed by atoms with Gasteiger partial charge in [0.25, 0.3) is 0 Å². The number of fused-ring (bicyclic) bond motifs is 10. The molecule has 0 aromatic carbocycles. The molecular formula is C16H18FeO2. The van der Waals surface area contributed by atoms with Gasteiger partial charge in [-0.25, -0.2) is 0 Å². The van der Waals surface area contributed by atoms with Crippen molar-refractivity contribution in [3.05, 3.63) is 0 Å². The molecule has 0 saturated carbocycles. The Labute approximate surface area is 101 Å². The van der Waals surface area contributed by atoms with Crippen LogP contribution in [0.3, 0.4) is 0 Å². The minimum atomic E-state index is -2.99. The van der Waals surface area contributed by atoms with Crippen molar-refractivity contribution in [1.82, 2.24) is 0 Å². The van der Waals surface area contributed by atoms with Gasteiger partial charge in [-0.15, -0.1) is 0 Å². The van der Waals surface area contributed by atoms with E-state index in [9.17, 15) is 0 Å². The average Bonchev–Trinajstić information content (AvgIpc) is 3.08. The van der Waals surface area contributed by atoms with E-state index in [0.717, 1.165) is 34.0 Å². The molecule has 0 aromatic heterocycles. The molecule has 0 radical (unpaired) electrons. The van der Waals surface area contributed by atoms with Gasteiger partial charge in [-0.3, -0.25) is 0 Å². The maximum absolute atomic E-state index is 5.76. The summed E-state index contributed by atoms with van der Waals surface area (Å²) in [6.45, 7) is -0.736. The number of rotatable bonds is 4. The Bertz CT molecular complexity index is 994. The first kappa shape index (κ1) is 7.13. The van der Waals surface area contributed by atoms with Gasteiger partial charge in [0.1, 0.15) is 0 Å². The van der Waals surface area contributed by atoms with Crippen LogP contribution in [0.4, 0.5) is 0 Å². The zero-order chi connectivity index (χ0) is 11.3. The van der Waals surface area contributed by atoms with Crippen molar-refractivity contribution in [3.63, 3.8) is 0 Å². The van der Waals surface area contributed by atoms with Gasteiger partial charge in [-0.2, -0.15) is 0 Å². The van der Waals surface area contributed by atoms with Gasteiger partial charge in [-0.1, -0.05) is 0 Å². The Morgan fingerprint density at radius 2 is 1.16 bits per heavy atom. The zero-order valence-corrected chi connectivity index (χ0v) is 11.9.